The fourth-order valence-electron chi connectivity index (χ4n) is 4.54. The van der Waals surface area contributed by atoms with Crippen molar-refractivity contribution in [2.24, 2.45) is 11.7 Å². The molecule has 0 aromatic heterocycles. The van der Waals surface area contributed by atoms with Gasteiger partial charge in [0.1, 0.15) is 5.75 Å². The van der Waals surface area contributed by atoms with E-state index >= 15 is 0 Å². The molecule has 2 aliphatic rings. The molecule has 1 aromatic rings. The van der Waals surface area contributed by atoms with E-state index in [1.165, 1.54) is 11.1 Å². The van der Waals surface area contributed by atoms with Gasteiger partial charge in [-0.15, -0.1) is 0 Å². The molecule has 1 aliphatic heterocycles. The summed E-state index contributed by atoms with van der Waals surface area (Å²) in [5.41, 5.74) is 8.94. The SMILES string of the molecule is COc1ccc2c(c1)C(N)(C1CC(C)(C)OC1(C)C)CC2. The Balaban J connectivity index is 2.04. The molecule has 3 nitrogen and oxygen atoms in total. The van der Waals surface area contributed by atoms with E-state index in [1.54, 1.807) is 7.11 Å². The minimum absolute atomic E-state index is 0.109. The van der Waals surface area contributed by atoms with Gasteiger partial charge in [-0.2, -0.15) is 0 Å². The normalized spacial score (nSPS) is 33.0. The molecule has 0 bridgehead atoms. The lowest BCUT2D eigenvalue weighted by Crippen LogP contribution is -2.49. The Hall–Kier alpha value is -1.06. The minimum Gasteiger partial charge on any atom is -0.497 e. The average Bonchev–Trinajstić information content (AvgIpc) is 2.84. The smallest absolute Gasteiger partial charge is 0.119 e. The maximum atomic E-state index is 6.96. The third-order valence-electron chi connectivity index (χ3n) is 5.32. The van der Waals surface area contributed by atoms with Crippen LogP contribution in [0.15, 0.2) is 18.2 Å². The van der Waals surface area contributed by atoms with Crippen molar-refractivity contribution in [1.82, 2.24) is 0 Å². The highest BCUT2D eigenvalue weighted by atomic mass is 16.5. The second-order valence-electron chi connectivity index (χ2n) is 7.79. The van der Waals surface area contributed by atoms with Crippen molar-refractivity contribution >= 4 is 0 Å². The molecule has 1 fully saturated rings. The van der Waals surface area contributed by atoms with E-state index in [1.807, 2.05) is 6.07 Å². The van der Waals surface area contributed by atoms with Crippen LogP contribution < -0.4 is 10.5 Å². The molecule has 1 saturated heterocycles. The Bertz CT molecular complexity index is 564. The highest BCUT2D eigenvalue weighted by molar-refractivity contribution is 5.45. The first kappa shape index (κ1) is 14.9. The van der Waals surface area contributed by atoms with Crippen LogP contribution in [0.5, 0.6) is 5.75 Å². The largest absolute Gasteiger partial charge is 0.497 e. The molecular weight excluding hydrogens is 262 g/mol. The molecule has 1 aliphatic carbocycles. The van der Waals surface area contributed by atoms with Crippen LogP contribution in [0.4, 0.5) is 0 Å². The molecule has 21 heavy (non-hydrogen) atoms. The second-order valence-corrected chi connectivity index (χ2v) is 7.79. The van der Waals surface area contributed by atoms with Gasteiger partial charge in [-0.1, -0.05) is 6.07 Å². The van der Waals surface area contributed by atoms with Gasteiger partial charge in [-0.05, 0) is 70.2 Å². The molecule has 2 unspecified atom stereocenters. The van der Waals surface area contributed by atoms with E-state index in [-0.39, 0.29) is 16.7 Å². The zero-order chi connectivity index (χ0) is 15.5. The Kier molecular flexibility index (Phi) is 3.16. The zero-order valence-corrected chi connectivity index (χ0v) is 13.8. The lowest BCUT2D eigenvalue weighted by Gasteiger charge is -2.39. The first-order chi connectivity index (χ1) is 9.68. The zero-order valence-electron chi connectivity index (χ0n) is 13.8. The summed E-state index contributed by atoms with van der Waals surface area (Å²) >= 11 is 0. The summed E-state index contributed by atoms with van der Waals surface area (Å²) < 4.78 is 11.7. The van der Waals surface area contributed by atoms with Crippen LogP contribution in [-0.2, 0) is 16.7 Å². The van der Waals surface area contributed by atoms with Gasteiger partial charge in [0.25, 0.3) is 0 Å². The van der Waals surface area contributed by atoms with E-state index < -0.39 is 0 Å². The lowest BCUT2D eigenvalue weighted by atomic mass is 9.70. The molecule has 3 rings (SSSR count). The van der Waals surface area contributed by atoms with Crippen LogP contribution in [0.2, 0.25) is 0 Å². The van der Waals surface area contributed by atoms with Crippen molar-refractivity contribution in [3.05, 3.63) is 29.3 Å². The number of aryl methyl sites for hydroxylation is 1. The molecular formula is C18H27NO2. The first-order valence-electron chi connectivity index (χ1n) is 7.84. The summed E-state index contributed by atoms with van der Waals surface area (Å²) in [4.78, 5) is 0. The molecule has 0 spiro atoms. The molecule has 2 N–H and O–H groups in total. The van der Waals surface area contributed by atoms with Crippen molar-refractivity contribution in [2.75, 3.05) is 7.11 Å². The predicted octanol–water partition coefficient (Wildman–Crippen LogP) is 3.39. The number of ether oxygens (including phenoxy) is 2. The standard InChI is InChI=1S/C18H27NO2/c1-16(2)11-15(17(3,4)21-16)18(19)9-8-12-6-7-13(20-5)10-14(12)18/h6-7,10,15H,8-9,11,19H2,1-5H3. The highest BCUT2D eigenvalue weighted by Crippen LogP contribution is 2.53. The molecule has 1 heterocycles. The van der Waals surface area contributed by atoms with Crippen LogP contribution in [0.1, 0.15) is 51.7 Å². The minimum atomic E-state index is -0.318. The van der Waals surface area contributed by atoms with Crippen molar-refractivity contribution in [1.29, 1.82) is 0 Å². The Morgan fingerprint density at radius 2 is 1.95 bits per heavy atom. The monoisotopic (exact) mass is 289 g/mol. The fraction of sp³-hybridized carbons (Fsp3) is 0.667. The average molecular weight is 289 g/mol. The second kappa shape index (κ2) is 4.47. The Morgan fingerprint density at radius 3 is 2.52 bits per heavy atom. The first-order valence-corrected chi connectivity index (χ1v) is 7.84. The number of fused-ring (bicyclic) bond motifs is 1. The van der Waals surface area contributed by atoms with Crippen molar-refractivity contribution in [3.8, 4) is 5.75 Å². The van der Waals surface area contributed by atoms with E-state index in [4.69, 9.17) is 15.2 Å². The topological polar surface area (TPSA) is 44.5 Å². The highest BCUT2D eigenvalue weighted by Gasteiger charge is 2.56. The van der Waals surface area contributed by atoms with Crippen molar-refractivity contribution < 1.29 is 9.47 Å². The number of hydrogen-bond acceptors (Lipinski definition) is 3. The maximum Gasteiger partial charge on any atom is 0.119 e. The quantitative estimate of drug-likeness (QED) is 0.907. The summed E-state index contributed by atoms with van der Waals surface area (Å²) in [6, 6.07) is 6.32. The molecule has 2 atom stereocenters. The predicted molar refractivity (Wildman–Crippen MR) is 84.5 cm³/mol. The van der Waals surface area contributed by atoms with Gasteiger partial charge in [0, 0.05) is 11.5 Å². The molecule has 1 aromatic carbocycles. The number of benzene rings is 1. The van der Waals surface area contributed by atoms with Gasteiger partial charge in [-0.3, -0.25) is 0 Å². The molecule has 3 heteroatoms. The van der Waals surface area contributed by atoms with E-state index in [2.05, 4.69) is 39.8 Å². The van der Waals surface area contributed by atoms with Crippen LogP contribution in [0.25, 0.3) is 0 Å². The number of rotatable bonds is 2. The maximum absolute atomic E-state index is 6.96. The van der Waals surface area contributed by atoms with Gasteiger partial charge in [0.15, 0.2) is 0 Å². The fourth-order valence-corrected chi connectivity index (χ4v) is 4.54. The summed E-state index contributed by atoms with van der Waals surface area (Å²) in [6.07, 6.45) is 3.03. The Morgan fingerprint density at radius 1 is 1.24 bits per heavy atom. The van der Waals surface area contributed by atoms with Gasteiger partial charge >= 0.3 is 0 Å². The van der Waals surface area contributed by atoms with E-state index in [0.717, 1.165) is 25.0 Å². The van der Waals surface area contributed by atoms with Crippen LogP contribution >= 0.6 is 0 Å². The van der Waals surface area contributed by atoms with Crippen LogP contribution in [0.3, 0.4) is 0 Å². The van der Waals surface area contributed by atoms with E-state index in [9.17, 15) is 0 Å². The molecule has 0 radical (unpaired) electrons. The lowest BCUT2D eigenvalue weighted by molar-refractivity contribution is -0.0823. The summed E-state index contributed by atoms with van der Waals surface area (Å²) in [5.74, 6) is 1.20. The summed E-state index contributed by atoms with van der Waals surface area (Å²) in [5, 5.41) is 0. The number of nitrogens with two attached hydrogens (primary N) is 1. The van der Waals surface area contributed by atoms with Gasteiger partial charge in [0.05, 0.1) is 18.3 Å². The molecule has 0 saturated carbocycles. The third-order valence-corrected chi connectivity index (χ3v) is 5.32. The van der Waals surface area contributed by atoms with Gasteiger partial charge in [-0.25, -0.2) is 0 Å². The number of methoxy groups -OCH3 is 1. The van der Waals surface area contributed by atoms with Crippen molar-refractivity contribution in [3.63, 3.8) is 0 Å². The summed E-state index contributed by atoms with van der Waals surface area (Å²) in [7, 11) is 1.71. The van der Waals surface area contributed by atoms with Crippen LogP contribution in [0, 0.1) is 5.92 Å². The Labute approximate surface area is 127 Å². The summed E-state index contributed by atoms with van der Waals surface area (Å²) in [6.45, 7) is 8.69. The van der Waals surface area contributed by atoms with Gasteiger partial charge < -0.3 is 15.2 Å². The van der Waals surface area contributed by atoms with Crippen LogP contribution in [-0.4, -0.2) is 18.3 Å². The third kappa shape index (κ3) is 2.27. The van der Waals surface area contributed by atoms with Crippen molar-refractivity contribution in [2.45, 2.75) is 63.7 Å². The molecule has 0 amide bonds. The van der Waals surface area contributed by atoms with E-state index in [0.29, 0.717) is 5.92 Å². The molecule has 116 valence electrons. The van der Waals surface area contributed by atoms with Gasteiger partial charge in [0.2, 0.25) is 0 Å². The number of hydrogen-bond donors (Lipinski definition) is 1.